The number of halogens is 2. The molecule has 5 nitrogen and oxygen atoms in total. The highest BCUT2D eigenvalue weighted by Gasteiger charge is 2.35. The normalized spacial score (nSPS) is 15.4. The lowest BCUT2D eigenvalue weighted by Gasteiger charge is -2.38. The van der Waals surface area contributed by atoms with Crippen molar-refractivity contribution in [3.05, 3.63) is 88.6 Å². The van der Waals surface area contributed by atoms with Gasteiger partial charge >= 0.3 is 0 Å². The van der Waals surface area contributed by atoms with Crippen LogP contribution in [0.1, 0.15) is 34.7 Å². The molecule has 162 valence electrons. The van der Waals surface area contributed by atoms with Crippen LogP contribution in [0.25, 0.3) is 0 Å². The Morgan fingerprint density at radius 1 is 1.10 bits per heavy atom. The maximum Gasteiger partial charge on any atom is 0.287 e. The molecule has 3 aromatic rings. The number of benzene rings is 2. The maximum absolute atomic E-state index is 13.0. The number of hydrogen-bond acceptors (Lipinski definition) is 4. The van der Waals surface area contributed by atoms with Gasteiger partial charge in [-0.1, -0.05) is 23.7 Å². The molecular weight excluding hydrogens is 421 g/mol. The second kappa shape index (κ2) is 9.54. The molecule has 1 amide bonds. The molecule has 1 saturated heterocycles. The Morgan fingerprint density at radius 2 is 1.87 bits per heavy atom. The van der Waals surface area contributed by atoms with Gasteiger partial charge in [0.25, 0.3) is 5.91 Å². The first-order valence-corrected chi connectivity index (χ1v) is 10.5. The van der Waals surface area contributed by atoms with Gasteiger partial charge < -0.3 is 19.2 Å². The highest BCUT2D eigenvalue weighted by atomic mass is 35.5. The molecule has 0 radical (unpaired) electrons. The number of carbonyl (C=O) groups is 1. The van der Waals surface area contributed by atoms with Gasteiger partial charge in [-0.3, -0.25) is 4.79 Å². The van der Waals surface area contributed by atoms with Gasteiger partial charge in [-0.15, -0.1) is 0 Å². The van der Waals surface area contributed by atoms with Crippen molar-refractivity contribution in [2.24, 2.45) is 0 Å². The van der Waals surface area contributed by atoms with Crippen LogP contribution in [0.4, 0.5) is 4.39 Å². The van der Waals surface area contributed by atoms with E-state index in [0.29, 0.717) is 36.3 Å². The molecule has 0 atom stereocenters. The Bertz CT molecular complexity index is 1030. The first-order chi connectivity index (χ1) is 15.0. The summed E-state index contributed by atoms with van der Waals surface area (Å²) in [4.78, 5) is 12.7. The van der Waals surface area contributed by atoms with Crippen molar-refractivity contribution in [1.29, 1.82) is 0 Å². The zero-order chi connectivity index (χ0) is 21.7. The lowest BCUT2D eigenvalue weighted by Crippen LogP contribution is -2.44. The van der Waals surface area contributed by atoms with Crippen LogP contribution >= 0.6 is 11.6 Å². The summed E-state index contributed by atoms with van der Waals surface area (Å²) >= 11 is 6.21. The summed E-state index contributed by atoms with van der Waals surface area (Å²) in [7, 11) is 0. The molecule has 0 spiro atoms. The van der Waals surface area contributed by atoms with Gasteiger partial charge in [-0.05, 0) is 66.9 Å². The molecule has 0 bridgehead atoms. The van der Waals surface area contributed by atoms with E-state index in [-0.39, 0.29) is 29.5 Å². The summed E-state index contributed by atoms with van der Waals surface area (Å²) in [6.45, 7) is 1.86. The van der Waals surface area contributed by atoms with E-state index in [1.807, 2.05) is 24.3 Å². The van der Waals surface area contributed by atoms with Gasteiger partial charge in [0.1, 0.15) is 23.9 Å². The van der Waals surface area contributed by atoms with Crippen molar-refractivity contribution >= 4 is 17.5 Å². The predicted molar refractivity (Wildman–Crippen MR) is 115 cm³/mol. The molecule has 1 aliphatic heterocycles. The lowest BCUT2D eigenvalue weighted by atomic mass is 9.74. The Morgan fingerprint density at radius 3 is 2.61 bits per heavy atom. The third-order valence-corrected chi connectivity index (χ3v) is 5.79. The minimum atomic E-state index is -0.329. The summed E-state index contributed by atoms with van der Waals surface area (Å²) in [5, 5.41) is 3.68. The molecule has 2 aromatic carbocycles. The monoisotopic (exact) mass is 443 g/mol. The first kappa shape index (κ1) is 21.4. The number of nitrogens with one attached hydrogen (secondary N) is 1. The average Bonchev–Trinajstić information content (AvgIpc) is 3.27. The van der Waals surface area contributed by atoms with Crippen LogP contribution in [0, 0.1) is 5.82 Å². The second-order valence-electron chi connectivity index (χ2n) is 7.59. The van der Waals surface area contributed by atoms with Crippen LogP contribution in [0.3, 0.4) is 0 Å². The van der Waals surface area contributed by atoms with Gasteiger partial charge in [-0.2, -0.15) is 0 Å². The number of rotatable bonds is 7. The fourth-order valence-corrected chi connectivity index (χ4v) is 3.94. The number of amides is 1. The van der Waals surface area contributed by atoms with E-state index in [1.54, 1.807) is 12.1 Å². The fourth-order valence-electron chi connectivity index (χ4n) is 3.75. The minimum Gasteiger partial charge on any atom is -0.486 e. The maximum atomic E-state index is 13.0. The van der Waals surface area contributed by atoms with E-state index in [2.05, 4.69) is 5.32 Å². The molecule has 0 aliphatic carbocycles. The van der Waals surface area contributed by atoms with E-state index < -0.39 is 0 Å². The summed E-state index contributed by atoms with van der Waals surface area (Å²) < 4.78 is 29.7. The molecule has 0 unspecified atom stereocenters. The average molecular weight is 444 g/mol. The first-order valence-electron chi connectivity index (χ1n) is 10.1. The van der Waals surface area contributed by atoms with Crippen LogP contribution < -0.4 is 10.1 Å². The number of furan rings is 1. The van der Waals surface area contributed by atoms with E-state index in [9.17, 15) is 9.18 Å². The van der Waals surface area contributed by atoms with Crippen LogP contribution in [0.2, 0.25) is 5.02 Å². The van der Waals surface area contributed by atoms with Crippen LogP contribution in [0.15, 0.2) is 65.1 Å². The minimum absolute atomic E-state index is 0.142. The van der Waals surface area contributed by atoms with E-state index in [0.717, 1.165) is 18.4 Å². The van der Waals surface area contributed by atoms with Crippen molar-refractivity contribution in [1.82, 2.24) is 5.32 Å². The molecule has 31 heavy (non-hydrogen) atoms. The van der Waals surface area contributed by atoms with Crippen LogP contribution in [0.5, 0.6) is 5.75 Å². The molecule has 0 saturated carbocycles. The SMILES string of the molecule is O=C(NCC1(c2cccc(Cl)c2)CCOCC1)c1ccc(COc2ccc(F)cc2)o1. The Balaban J connectivity index is 1.39. The summed E-state index contributed by atoms with van der Waals surface area (Å²) in [6, 6.07) is 16.8. The molecule has 2 heterocycles. The Kier molecular flexibility index (Phi) is 6.59. The molecule has 1 fully saturated rings. The van der Waals surface area contributed by atoms with E-state index in [4.69, 9.17) is 25.5 Å². The summed E-state index contributed by atoms with van der Waals surface area (Å²) in [5.41, 5.74) is 0.858. The Labute approximate surface area is 185 Å². The largest absolute Gasteiger partial charge is 0.486 e. The molecule has 7 heteroatoms. The highest BCUT2D eigenvalue weighted by molar-refractivity contribution is 6.30. The summed E-state index contributed by atoms with van der Waals surface area (Å²) in [6.07, 6.45) is 1.59. The standard InChI is InChI=1S/C24H23ClFNO4/c25-18-3-1-2-17(14-18)24(10-12-29-13-11-24)16-27-23(28)22-9-8-21(31-22)15-30-20-6-4-19(26)5-7-20/h1-9,14H,10-13,15-16H2,(H,27,28). The predicted octanol–water partition coefficient (Wildman–Crippen LogP) is 5.13. The Hall–Kier alpha value is -2.83. The van der Waals surface area contributed by atoms with E-state index >= 15 is 0 Å². The van der Waals surface area contributed by atoms with Crippen molar-refractivity contribution in [2.45, 2.75) is 24.9 Å². The number of ether oxygens (including phenoxy) is 2. The van der Waals surface area contributed by atoms with Crippen molar-refractivity contribution in [3.8, 4) is 5.75 Å². The molecule has 4 rings (SSSR count). The quantitative estimate of drug-likeness (QED) is 0.550. The second-order valence-corrected chi connectivity index (χ2v) is 8.03. The number of hydrogen-bond donors (Lipinski definition) is 1. The molecule has 1 aromatic heterocycles. The van der Waals surface area contributed by atoms with Crippen molar-refractivity contribution in [2.75, 3.05) is 19.8 Å². The molecule has 1 aliphatic rings. The summed E-state index contributed by atoms with van der Waals surface area (Å²) in [5.74, 6) is 0.619. The van der Waals surface area contributed by atoms with Gasteiger partial charge in [0.05, 0.1) is 0 Å². The van der Waals surface area contributed by atoms with Gasteiger partial charge in [-0.25, -0.2) is 4.39 Å². The van der Waals surface area contributed by atoms with Gasteiger partial charge in [0.15, 0.2) is 5.76 Å². The number of carbonyl (C=O) groups excluding carboxylic acids is 1. The smallest absolute Gasteiger partial charge is 0.287 e. The zero-order valence-electron chi connectivity index (χ0n) is 16.9. The molecule has 1 N–H and O–H groups in total. The van der Waals surface area contributed by atoms with Crippen molar-refractivity contribution < 1.29 is 23.1 Å². The molecular formula is C24H23ClFNO4. The van der Waals surface area contributed by atoms with Gasteiger partial charge in [0, 0.05) is 30.2 Å². The third-order valence-electron chi connectivity index (χ3n) is 5.55. The lowest BCUT2D eigenvalue weighted by molar-refractivity contribution is 0.0484. The van der Waals surface area contributed by atoms with Crippen molar-refractivity contribution in [3.63, 3.8) is 0 Å². The van der Waals surface area contributed by atoms with Crippen LogP contribution in [-0.2, 0) is 16.8 Å². The highest BCUT2D eigenvalue weighted by Crippen LogP contribution is 2.35. The zero-order valence-corrected chi connectivity index (χ0v) is 17.7. The van der Waals surface area contributed by atoms with Crippen LogP contribution in [-0.4, -0.2) is 25.7 Å². The van der Waals surface area contributed by atoms with Gasteiger partial charge in [0.2, 0.25) is 0 Å². The van der Waals surface area contributed by atoms with E-state index in [1.165, 1.54) is 24.3 Å². The fraction of sp³-hybridized carbons (Fsp3) is 0.292. The third kappa shape index (κ3) is 5.27. The topological polar surface area (TPSA) is 60.7 Å².